The third-order valence-corrected chi connectivity index (χ3v) is 3.42. The topological polar surface area (TPSA) is 49.3 Å². The summed E-state index contributed by atoms with van der Waals surface area (Å²) in [5, 5.41) is 11.8. The predicted molar refractivity (Wildman–Crippen MR) is 67.2 cm³/mol. The van der Waals surface area contributed by atoms with Crippen molar-refractivity contribution in [3.05, 3.63) is 35.4 Å². The van der Waals surface area contributed by atoms with Crippen LogP contribution in [0.25, 0.3) is 0 Å². The zero-order chi connectivity index (χ0) is 12.3. The highest BCUT2D eigenvalue weighted by Crippen LogP contribution is 2.41. The standard InChI is InChI=1S/C14H19NO2/c1-15-13(14(16)17)9-8-10-4-2-3-5-12(10)11-6-7-11/h2-5,11,13,15H,6-9H2,1H3,(H,16,17). The Morgan fingerprint density at radius 2 is 2.18 bits per heavy atom. The molecule has 1 aromatic carbocycles. The number of carbonyl (C=O) groups is 1. The molecule has 3 heteroatoms. The molecule has 1 saturated carbocycles. The van der Waals surface area contributed by atoms with Gasteiger partial charge in [-0.25, -0.2) is 0 Å². The molecule has 0 spiro atoms. The number of hydrogen-bond donors (Lipinski definition) is 2. The normalized spacial score (nSPS) is 16.8. The summed E-state index contributed by atoms with van der Waals surface area (Å²) in [7, 11) is 1.70. The van der Waals surface area contributed by atoms with E-state index in [9.17, 15) is 4.79 Å². The molecular weight excluding hydrogens is 214 g/mol. The zero-order valence-electron chi connectivity index (χ0n) is 10.1. The molecular formula is C14H19NO2. The summed E-state index contributed by atoms with van der Waals surface area (Å²) in [5.41, 5.74) is 2.74. The lowest BCUT2D eigenvalue weighted by molar-refractivity contribution is -0.139. The van der Waals surface area contributed by atoms with Gasteiger partial charge in [-0.05, 0) is 49.8 Å². The molecule has 0 aromatic heterocycles. The van der Waals surface area contributed by atoms with E-state index in [0.29, 0.717) is 6.42 Å². The van der Waals surface area contributed by atoms with Crippen LogP contribution in [0, 0.1) is 0 Å². The molecule has 0 saturated heterocycles. The Morgan fingerprint density at radius 1 is 1.47 bits per heavy atom. The van der Waals surface area contributed by atoms with Crippen molar-refractivity contribution in [2.75, 3.05) is 7.05 Å². The van der Waals surface area contributed by atoms with Crippen LogP contribution in [-0.2, 0) is 11.2 Å². The highest BCUT2D eigenvalue weighted by molar-refractivity contribution is 5.73. The van der Waals surface area contributed by atoms with Crippen LogP contribution in [0.3, 0.4) is 0 Å². The Morgan fingerprint density at radius 3 is 2.76 bits per heavy atom. The number of hydrogen-bond acceptors (Lipinski definition) is 2. The van der Waals surface area contributed by atoms with E-state index in [1.807, 2.05) is 6.07 Å². The maximum Gasteiger partial charge on any atom is 0.320 e. The van der Waals surface area contributed by atoms with Gasteiger partial charge >= 0.3 is 5.97 Å². The third kappa shape index (κ3) is 3.07. The quantitative estimate of drug-likeness (QED) is 0.791. The number of aliphatic carboxylic acids is 1. The van der Waals surface area contributed by atoms with Gasteiger partial charge in [0, 0.05) is 0 Å². The van der Waals surface area contributed by atoms with Crippen molar-refractivity contribution in [2.24, 2.45) is 0 Å². The molecule has 92 valence electrons. The maximum atomic E-state index is 10.9. The number of benzene rings is 1. The molecule has 3 nitrogen and oxygen atoms in total. The predicted octanol–water partition coefficient (Wildman–Crippen LogP) is 2.17. The molecule has 1 aliphatic carbocycles. The SMILES string of the molecule is CNC(CCc1ccccc1C1CC1)C(=O)O. The minimum absolute atomic E-state index is 0.442. The first-order valence-corrected chi connectivity index (χ1v) is 6.20. The summed E-state index contributed by atoms with van der Waals surface area (Å²) in [4.78, 5) is 10.9. The third-order valence-electron chi connectivity index (χ3n) is 3.42. The Kier molecular flexibility index (Phi) is 3.79. The zero-order valence-corrected chi connectivity index (χ0v) is 10.1. The van der Waals surface area contributed by atoms with Gasteiger partial charge in [0.1, 0.15) is 6.04 Å². The van der Waals surface area contributed by atoms with Gasteiger partial charge in [0.15, 0.2) is 0 Å². The van der Waals surface area contributed by atoms with Gasteiger partial charge in [-0.2, -0.15) is 0 Å². The molecule has 1 atom stereocenters. The fourth-order valence-electron chi connectivity index (χ4n) is 2.25. The van der Waals surface area contributed by atoms with Crippen molar-refractivity contribution in [1.29, 1.82) is 0 Å². The lowest BCUT2D eigenvalue weighted by Crippen LogP contribution is -2.34. The summed E-state index contributed by atoms with van der Waals surface area (Å²) >= 11 is 0. The summed E-state index contributed by atoms with van der Waals surface area (Å²) in [5.74, 6) is -0.0412. The average molecular weight is 233 g/mol. The molecule has 2 rings (SSSR count). The first-order valence-electron chi connectivity index (χ1n) is 6.20. The maximum absolute atomic E-state index is 10.9. The molecule has 0 heterocycles. The fourth-order valence-corrected chi connectivity index (χ4v) is 2.25. The smallest absolute Gasteiger partial charge is 0.320 e. The van der Waals surface area contributed by atoms with E-state index in [4.69, 9.17) is 5.11 Å². The Bertz CT molecular complexity index is 399. The molecule has 1 fully saturated rings. The summed E-state index contributed by atoms with van der Waals surface area (Å²) < 4.78 is 0. The van der Waals surface area contributed by atoms with E-state index in [2.05, 4.69) is 23.5 Å². The van der Waals surface area contributed by atoms with E-state index in [1.54, 1.807) is 7.05 Å². The number of aryl methyl sites for hydroxylation is 1. The van der Waals surface area contributed by atoms with Gasteiger partial charge in [-0.1, -0.05) is 24.3 Å². The molecule has 0 amide bonds. The molecule has 0 radical (unpaired) electrons. The van der Waals surface area contributed by atoms with Crippen LogP contribution in [0.4, 0.5) is 0 Å². The number of likely N-dealkylation sites (N-methyl/N-ethyl adjacent to an activating group) is 1. The fraction of sp³-hybridized carbons (Fsp3) is 0.500. The minimum Gasteiger partial charge on any atom is -0.480 e. The molecule has 0 bridgehead atoms. The first-order chi connectivity index (χ1) is 8.22. The van der Waals surface area contributed by atoms with Gasteiger partial charge in [-0.3, -0.25) is 4.79 Å². The van der Waals surface area contributed by atoms with Crippen LogP contribution in [0.1, 0.15) is 36.3 Å². The summed E-state index contributed by atoms with van der Waals surface area (Å²) in [6.45, 7) is 0. The molecule has 17 heavy (non-hydrogen) atoms. The van der Waals surface area contributed by atoms with E-state index in [1.165, 1.54) is 24.0 Å². The Labute approximate surface area is 102 Å². The van der Waals surface area contributed by atoms with Crippen LogP contribution in [0.15, 0.2) is 24.3 Å². The second kappa shape index (κ2) is 5.32. The van der Waals surface area contributed by atoms with Gasteiger partial charge in [0.25, 0.3) is 0 Å². The molecule has 1 aromatic rings. The Balaban J connectivity index is 2.00. The van der Waals surface area contributed by atoms with Gasteiger partial charge in [-0.15, -0.1) is 0 Å². The number of carboxylic acid groups (broad SMARTS) is 1. The monoisotopic (exact) mass is 233 g/mol. The molecule has 2 N–H and O–H groups in total. The second-order valence-electron chi connectivity index (χ2n) is 4.69. The van der Waals surface area contributed by atoms with Crippen LogP contribution >= 0.6 is 0 Å². The van der Waals surface area contributed by atoms with E-state index < -0.39 is 12.0 Å². The molecule has 1 aliphatic rings. The van der Waals surface area contributed by atoms with Crippen molar-refractivity contribution in [3.8, 4) is 0 Å². The summed E-state index contributed by atoms with van der Waals surface area (Å²) in [6, 6.07) is 7.98. The highest BCUT2D eigenvalue weighted by Gasteiger charge is 2.25. The molecule has 0 aliphatic heterocycles. The van der Waals surface area contributed by atoms with E-state index >= 15 is 0 Å². The number of rotatable bonds is 6. The number of nitrogens with one attached hydrogen (secondary N) is 1. The second-order valence-corrected chi connectivity index (χ2v) is 4.69. The van der Waals surface area contributed by atoms with Crippen molar-refractivity contribution in [2.45, 2.75) is 37.6 Å². The van der Waals surface area contributed by atoms with Crippen molar-refractivity contribution < 1.29 is 9.90 Å². The average Bonchev–Trinajstić information content (AvgIpc) is 3.14. The van der Waals surface area contributed by atoms with Crippen LogP contribution in [0.2, 0.25) is 0 Å². The van der Waals surface area contributed by atoms with Gasteiger partial charge in [0.05, 0.1) is 0 Å². The summed E-state index contributed by atoms with van der Waals surface area (Å²) in [6.07, 6.45) is 4.05. The van der Waals surface area contributed by atoms with Crippen LogP contribution in [0.5, 0.6) is 0 Å². The van der Waals surface area contributed by atoms with E-state index in [-0.39, 0.29) is 0 Å². The highest BCUT2D eigenvalue weighted by atomic mass is 16.4. The van der Waals surface area contributed by atoms with Gasteiger partial charge in [0.2, 0.25) is 0 Å². The van der Waals surface area contributed by atoms with Crippen molar-refractivity contribution in [3.63, 3.8) is 0 Å². The Hall–Kier alpha value is -1.35. The van der Waals surface area contributed by atoms with Crippen LogP contribution < -0.4 is 5.32 Å². The largest absolute Gasteiger partial charge is 0.480 e. The van der Waals surface area contributed by atoms with Gasteiger partial charge < -0.3 is 10.4 Å². The minimum atomic E-state index is -0.767. The van der Waals surface area contributed by atoms with E-state index in [0.717, 1.165) is 12.3 Å². The number of carboxylic acids is 1. The van der Waals surface area contributed by atoms with Crippen LogP contribution in [-0.4, -0.2) is 24.2 Å². The van der Waals surface area contributed by atoms with Crippen molar-refractivity contribution in [1.82, 2.24) is 5.32 Å². The molecule has 1 unspecified atom stereocenters. The lowest BCUT2D eigenvalue weighted by atomic mass is 9.97. The first kappa shape index (κ1) is 12.1. The lowest BCUT2D eigenvalue weighted by Gasteiger charge is -2.13. The van der Waals surface area contributed by atoms with Crippen molar-refractivity contribution >= 4 is 5.97 Å².